The molecule has 0 atom stereocenters. The van der Waals surface area contributed by atoms with Crippen LogP contribution in [-0.2, 0) is 10.0 Å². The summed E-state index contributed by atoms with van der Waals surface area (Å²) in [4.78, 5) is 5.00. The molecular formula is C16H19BrN2O2S. The van der Waals surface area contributed by atoms with Gasteiger partial charge < -0.3 is 0 Å². The number of hydrogen-bond donors (Lipinski definition) is 1. The third kappa shape index (κ3) is 3.13. The fourth-order valence-corrected chi connectivity index (χ4v) is 4.98. The minimum absolute atomic E-state index is 0.239. The molecule has 0 radical (unpaired) electrons. The van der Waals surface area contributed by atoms with Gasteiger partial charge in [-0.05, 0) is 37.5 Å². The van der Waals surface area contributed by atoms with Crippen LogP contribution in [0.15, 0.2) is 39.3 Å². The zero-order valence-corrected chi connectivity index (χ0v) is 14.9. The van der Waals surface area contributed by atoms with E-state index in [4.69, 9.17) is 0 Å². The molecule has 4 nitrogen and oxygen atoms in total. The van der Waals surface area contributed by atoms with Crippen molar-refractivity contribution in [2.75, 3.05) is 0 Å². The Morgan fingerprint density at radius 1 is 1.23 bits per heavy atom. The van der Waals surface area contributed by atoms with E-state index >= 15 is 0 Å². The van der Waals surface area contributed by atoms with Crippen molar-refractivity contribution in [3.8, 4) is 0 Å². The summed E-state index contributed by atoms with van der Waals surface area (Å²) in [5.74, 6) is 0.516. The van der Waals surface area contributed by atoms with E-state index in [9.17, 15) is 8.42 Å². The smallest absolute Gasteiger partial charge is 0.264 e. The van der Waals surface area contributed by atoms with Gasteiger partial charge in [0.25, 0.3) is 10.0 Å². The van der Waals surface area contributed by atoms with Gasteiger partial charge in [0, 0.05) is 10.0 Å². The van der Waals surface area contributed by atoms with Crippen LogP contribution in [0.1, 0.15) is 44.6 Å². The molecule has 3 rings (SSSR count). The molecule has 0 saturated heterocycles. The van der Waals surface area contributed by atoms with Gasteiger partial charge in [0.05, 0.1) is 6.04 Å². The average Bonchev–Trinajstić information content (AvgIpc) is 2.69. The van der Waals surface area contributed by atoms with Gasteiger partial charge in [-0.1, -0.05) is 47.3 Å². The number of benzene rings is 1. The molecule has 2 aliphatic rings. The third-order valence-electron chi connectivity index (χ3n) is 4.17. The third-order valence-corrected chi connectivity index (χ3v) is 6.20. The van der Waals surface area contributed by atoms with E-state index in [1.807, 2.05) is 31.2 Å². The Morgan fingerprint density at radius 2 is 1.95 bits per heavy atom. The number of nitrogens with one attached hydrogen (secondary N) is 1. The highest BCUT2D eigenvalue weighted by molar-refractivity contribution is 9.10. The number of aliphatic imine (C=N–C) groups is 1. The molecular weight excluding hydrogens is 364 g/mol. The fraction of sp³-hybridized carbons (Fsp3) is 0.438. The summed E-state index contributed by atoms with van der Waals surface area (Å²) in [5.41, 5.74) is 1.40. The number of sulfonamides is 1. The Hall–Kier alpha value is -1.14. The summed E-state index contributed by atoms with van der Waals surface area (Å²) < 4.78 is 28.4. The molecule has 1 aromatic carbocycles. The second-order valence-electron chi connectivity index (χ2n) is 5.84. The Bertz CT molecular complexity index is 747. The van der Waals surface area contributed by atoms with Gasteiger partial charge in [0.1, 0.15) is 10.7 Å². The number of hydrogen-bond acceptors (Lipinski definition) is 3. The highest BCUT2D eigenvalue weighted by atomic mass is 79.9. The van der Waals surface area contributed by atoms with Gasteiger partial charge in [0.15, 0.2) is 0 Å². The molecule has 0 bridgehead atoms. The molecule has 0 unspecified atom stereocenters. The highest BCUT2D eigenvalue weighted by Crippen LogP contribution is 2.32. The van der Waals surface area contributed by atoms with Crippen molar-refractivity contribution in [2.45, 2.75) is 45.1 Å². The van der Waals surface area contributed by atoms with Crippen molar-refractivity contribution >= 4 is 36.7 Å². The zero-order chi connectivity index (χ0) is 15.7. The van der Waals surface area contributed by atoms with Gasteiger partial charge in [-0.3, -0.25) is 9.71 Å². The van der Waals surface area contributed by atoms with Crippen LogP contribution in [0.2, 0.25) is 0 Å². The largest absolute Gasteiger partial charge is 0.264 e. The molecule has 118 valence electrons. The van der Waals surface area contributed by atoms with Crippen LogP contribution in [0, 0.1) is 0 Å². The van der Waals surface area contributed by atoms with Crippen LogP contribution in [0.5, 0.6) is 0 Å². The first-order valence-electron chi connectivity index (χ1n) is 7.55. The van der Waals surface area contributed by atoms with Crippen LogP contribution in [0.4, 0.5) is 0 Å². The summed E-state index contributed by atoms with van der Waals surface area (Å²) >= 11 is 3.39. The van der Waals surface area contributed by atoms with E-state index < -0.39 is 10.0 Å². The summed E-state index contributed by atoms with van der Waals surface area (Å²) in [6, 6.07) is 7.59. The standard InChI is InChI=1S/C16H19BrN2O2S/c1-11-15(12-6-5-7-13(17)10-12)22(20,21)19-16(11)18-14-8-3-2-4-9-14/h5-7,10,14H,2-4,8-9H2,1H3,(H,18,19). The molecule has 0 aromatic heterocycles. The van der Waals surface area contributed by atoms with Crippen molar-refractivity contribution in [3.05, 3.63) is 39.9 Å². The molecule has 1 N–H and O–H groups in total. The molecule has 22 heavy (non-hydrogen) atoms. The Balaban J connectivity index is 2.01. The lowest BCUT2D eigenvalue weighted by molar-refractivity contribution is 0.443. The second kappa shape index (κ2) is 6.16. The Morgan fingerprint density at radius 3 is 2.64 bits per heavy atom. The molecule has 6 heteroatoms. The molecule has 1 heterocycles. The van der Waals surface area contributed by atoms with Crippen LogP contribution >= 0.6 is 15.9 Å². The van der Waals surface area contributed by atoms with Crippen LogP contribution in [0.3, 0.4) is 0 Å². The van der Waals surface area contributed by atoms with Crippen molar-refractivity contribution < 1.29 is 8.42 Å². The summed E-state index contributed by atoms with van der Waals surface area (Å²) in [7, 11) is -3.53. The molecule has 1 aliphatic carbocycles. The minimum Gasteiger partial charge on any atom is -0.264 e. The topological polar surface area (TPSA) is 58.5 Å². The average molecular weight is 383 g/mol. The number of amidine groups is 1. The predicted octanol–water partition coefficient (Wildman–Crippen LogP) is 3.84. The maximum Gasteiger partial charge on any atom is 0.264 e. The van der Waals surface area contributed by atoms with E-state index in [1.165, 1.54) is 19.3 Å². The maximum atomic E-state index is 12.5. The first-order chi connectivity index (χ1) is 10.5. The number of rotatable bonds is 2. The van der Waals surface area contributed by atoms with Crippen LogP contribution in [-0.4, -0.2) is 20.3 Å². The predicted molar refractivity (Wildman–Crippen MR) is 93.1 cm³/mol. The number of nitrogens with zero attached hydrogens (tertiary/aromatic N) is 1. The first kappa shape index (κ1) is 15.7. The van der Waals surface area contributed by atoms with Crippen molar-refractivity contribution in [1.82, 2.24) is 4.72 Å². The van der Waals surface area contributed by atoms with Crippen LogP contribution < -0.4 is 4.72 Å². The Kier molecular flexibility index (Phi) is 4.41. The normalized spacial score (nSPS) is 23.8. The molecule has 0 amide bonds. The molecule has 1 saturated carbocycles. The first-order valence-corrected chi connectivity index (χ1v) is 9.83. The Labute approximate surface area is 139 Å². The van der Waals surface area contributed by atoms with Gasteiger partial charge in [0.2, 0.25) is 0 Å². The van der Waals surface area contributed by atoms with Crippen molar-refractivity contribution in [1.29, 1.82) is 0 Å². The van der Waals surface area contributed by atoms with E-state index in [2.05, 4.69) is 25.6 Å². The summed E-state index contributed by atoms with van der Waals surface area (Å²) in [6.45, 7) is 1.83. The van der Waals surface area contributed by atoms with E-state index in [-0.39, 0.29) is 6.04 Å². The van der Waals surface area contributed by atoms with Gasteiger partial charge in [-0.15, -0.1) is 0 Å². The van der Waals surface area contributed by atoms with E-state index in [0.717, 1.165) is 17.3 Å². The van der Waals surface area contributed by atoms with E-state index in [0.29, 0.717) is 21.9 Å². The monoisotopic (exact) mass is 382 g/mol. The lowest BCUT2D eigenvalue weighted by Crippen LogP contribution is -2.26. The zero-order valence-electron chi connectivity index (χ0n) is 12.5. The van der Waals surface area contributed by atoms with Gasteiger partial charge >= 0.3 is 0 Å². The lowest BCUT2D eigenvalue weighted by Gasteiger charge is -2.18. The SMILES string of the molecule is CC1=C(c2cccc(Br)c2)S(=O)(=O)NC1=NC1CCCCC1. The van der Waals surface area contributed by atoms with Gasteiger partial charge in [-0.2, -0.15) is 0 Å². The molecule has 1 aromatic rings. The molecule has 1 aliphatic heterocycles. The quantitative estimate of drug-likeness (QED) is 0.844. The second-order valence-corrected chi connectivity index (χ2v) is 8.37. The van der Waals surface area contributed by atoms with Crippen molar-refractivity contribution in [3.63, 3.8) is 0 Å². The lowest BCUT2D eigenvalue weighted by atomic mass is 9.96. The highest BCUT2D eigenvalue weighted by Gasteiger charge is 2.33. The van der Waals surface area contributed by atoms with Crippen molar-refractivity contribution in [2.24, 2.45) is 4.99 Å². The summed E-state index contributed by atoms with van der Waals surface area (Å²) in [6.07, 6.45) is 5.70. The number of halogens is 1. The molecule has 1 fully saturated rings. The van der Waals surface area contributed by atoms with E-state index in [1.54, 1.807) is 0 Å². The fourth-order valence-electron chi connectivity index (χ4n) is 3.08. The minimum atomic E-state index is -3.53. The van der Waals surface area contributed by atoms with Gasteiger partial charge in [-0.25, -0.2) is 8.42 Å². The maximum absolute atomic E-state index is 12.5. The summed E-state index contributed by atoms with van der Waals surface area (Å²) in [5, 5.41) is 0. The molecule has 0 spiro atoms. The van der Waals surface area contributed by atoms with Crippen LogP contribution in [0.25, 0.3) is 4.91 Å².